The fourth-order valence-corrected chi connectivity index (χ4v) is 4.86. The number of pyridine rings is 1. The predicted octanol–water partition coefficient (Wildman–Crippen LogP) is 4.28. The lowest BCUT2D eigenvalue weighted by atomic mass is 9.88. The van der Waals surface area contributed by atoms with Crippen LogP contribution in [0.25, 0.3) is 0 Å². The zero-order chi connectivity index (χ0) is 22.3. The lowest BCUT2D eigenvalue weighted by Crippen LogP contribution is -2.30. The highest BCUT2D eigenvalue weighted by atomic mass is 16.4. The van der Waals surface area contributed by atoms with Crippen LogP contribution in [0.15, 0.2) is 73.1 Å². The van der Waals surface area contributed by atoms with Gasteiger partial charge in [0.2, 0.25) is 0 Å². The molecular formula is C26H30N4O2. The number of amides is 1. The summed E-state index contributed by atoms with van der Waals surface area (Å²) in [5.74, 6) is 0. The zero-order valence-electron chi connectivity index (χ0n) is 18.2. The maximum absolute atomic E-state index is 8.78. The Bertz CT molecular complexity index is 1040. The Morgan fingerprint density at radius 1 is 1.09 bits per heavy atom. The van der Waals surface area contributed by atoms with Crippen LogP contribution in [0, 0.1) is 0 Å². The summed E-state index contributed by atoms with van der Waals surface area (Å²) in [7, 11) is 0. The lowest BCUT2D eigenvalue weighted by Gasteiger charge is -2.29. The molecule has 32 heavy (non-hydrogen) atoms. The van der Waals surface area contributed by atoms with E-state index in [-0.39, 0.29) is 0 Å². The molecule has 4 N–H and O–H groups in total. The van der Waals surface area contributed by atoms with Gasteiger partial charge in [0.15, 0.2) is 0 Å². The Kier molecular flexibility index (Phi) is 7.14. The van der Waals surface area contributed by atoms with E-state index in [0.29, 0.717) is 12.1 Å². The number of carbonyl (C=O) groups is 1. The zero-order valence-corrected chi connectivity index (χ0v) is 18.2. The second kappa shape index (κ2) is 10.4. The summed E-state index contributed by atoms with van der Waals surface area (Å²) in [6, 6.07) is 23.2. The molecule has 0 saturated carbocycles. The largest absolute Gasteiger partial charge is 0.465 e. The van der Waals surface area contributed by atoms with Crippen molar-refractivity contribution in [3.63, 3.8) is 0 Å². The summed E-state index contributed by atoms with van der Waals surface area (Å²) in [6.45, 7) is 3.22. The number of fused-ring (bicyclic) bond motifs is 1. The predicted molar refractivity (Wildman–Crippen MR) is 125 cm³/mol. The Morgan fingerprint density at radius 2 is 1.84 bits per heavy atom. The number of aromatic nitrogens is 1. The number of likely N-dealkylation sites (tertiary alicyclic amines) is 1. The summed E-state index contributed by atoms with van der Waals surface area (Å²) >= 11 is 0. The number of benzene rings is 2. The van der Waals surface area contributed by atoms with E-state index in [2.05, 4.69) is 81.6 Å². The first kappa shape index (κ1) is 22.0. The summed E-state index contributed by atoms with van der Waals surface area (Å²) in [5.41, 5.74) is 11.1. The molecule has 3 heterocycles. The molecule has 1 amide bonds. The smallest absolute Gasteiger partial charge is 0.402 e. The van der Waals surface area contributed by atoms with Crippen molar-refractivity contribution in [2.45, 2.75) is 37.9 Å². The molecule has 6 nitrogen and oxygen atoms in total. The quantitative estimate of drug-likeness (QED) is 0.575. The van der Waals surface area contributed by atoms with Crippen LogP contribution < -0.4 is 11.1 Å². The van der Waals surface area contributed by atoms with Crippen molar-refractivity contribution >= 4 is 6.09 Å². The number of nitrogens with one attached hydrogen (secondary N) is 1. The van der Waals surface area contributed by atoms with E-state index in [1.165, 1.54) is 47.2 Å². The third-order valence-electron chi connectivity index (χ3n) is 6.24. The molecule has 0 bridgehead atoms. The first-order valence-electron chi connectivity index (χ1n) is 11.1. The van der Waals surface area contributed by atoms with Gasteiger partial charge in [0, 0.05) is 31.5 Å². The Hall–Kier alpha value is -3.22. The molecule has 1 aromatic heterocycles. The molecule has 0 radical (unpaired) electrons. The van der Waals surface area contributed by atoms with E-state index in [1.807, 2.05) is 12.4 Å². The fraction of sp³-hybridized carbons (Fsp3) is 0.308. The maximum Gasteiger partial charge on any atom is 0.402 e. The van der Waals surface area contributed by atoms with E-state index in [1.54, 1.807) is 0 Å². The number of hydrogen-bond acceptors (Lipinski definition) is 4. The molecule has 2 aromatic carbocycles. The van der Waals surface area contributed by atoms with Gasteiger partial charge < -0.3 is 16.2 Å². The minimum atomic E-state index is -1.33. The summed E-state index contributed by atoms with van der Waals surface area (Å²) in [5, 5.41) is 10.9. The fourth-order valence-electron chi connectivity index (χ4n) is 4.86. The lowest BCUT2D eigenvalue weighted by molar-refractivity contribution is 0.205. The van der Waals surface area contributed by atoms with Crippen LogP contribution in [-0.4, -0.2) is 34.2 Å². The highest BCUT2D eigenvalue weighted by Crippen LogP contribution is 2.36. The molecule has 2 unspecified atom stereocenters. The molecule has 3 aromatic rings. The van der Waals surface area contributed by atoms with Crippen molar-refractivity contribution in [3.05, 3.63) is 101 Å². The van der Waals surface area contributed by atoms with Crippen LogP contribution >= 0.6 is 0 Å². The van der Waals surface area contributed by atoms with Gasteiger partial charge in [-0.2, -0.15) is 0 Å². The van der Waals surface area contributed by atoms with Crippen molar-refractivity contribution in [1.82, 2.24) is 15.2 Å². The number of nitrogens with two attached hydrogens (primary N) is 1. The SMILES string of the molecule is NC(=O)O.c1cc(C2NCCc3ccccc32)cc(C2CCCN2Cc2ccncc2)c1. The second-order valence-electron chi connectivity index (χ2n) is 8.33. The normalized spacial score (nSPS) is 20.1. The van der Waals surface area contributed by atoms with Crippen LogP contribution in [0.1, 0.15) is 52.7 Å². The molecule has 2 aliphatic rings. The molecule has 0 spiro atoms. The van der Waals surface area contributed by atoms with Gasteiger partial charge >= 0.3 is 6.09 Å². The van der Waals surface area contributed by atoms with Crippen molar-refractivity contribution in [2.24, 2.45) is 5.73 Å². The molecule has 1 saturated heterocycles. The Morgan fingerprint density at radius 3 is 2.66 bits per heavy atom. The van der Waals surface area contributed by atoms with E-state index in [4.69, 9.17) is 9.90 Å². The van der Waals surface area contributed by atoms with Gasteiger partial charge in [0.25, 0.3) is 0 Å². The van der Waals surface area contributed by atoms with Gasteiger partial charge in [-0.3, -0.25) is 9.88 Å². The molecule has 0 aliphatic carbocycles. The standard InChI is InChI=1S/C25H27N3.CH3NO2/c1-2-8-23-20(5-1)12-15-27-25(23)22-7-3-6-21(17-22)24-9-4-16-28(24)18-19-10-13-26-14-11-19;2-1(3)4/h1-3,5-8,10-11,13-14,17,24-25,27H,4,9,12,15-16,18H2;2H2,(H,3,4). The Balaban J connectivity index is 0.000000567. The maximum atomic E-state index is 8.78. The average Bonchev–Trinajstić information content (AvgIpc) is 3.27. The van der Waals surface area contributed by atoms with Gasteiger partial charge in [-0.05, 0) is 65.8 Å². The topological polar surface area (TPSA) is 91.5 Å². The summed E-state index contributed by atoms with van der Waals surface area (Å²) < 4.78 is 0. The minimum absolute atomic E-state index is 0.306. The molecule has 166 valence electrons. The highest BCUT2D eigenvalue weighted by Gasteiger charge is 2.27. The van der Waals surface area contributed by atoms with E-state index in [0.717, 1.165) is 19.5 Å². The van der Waals surface area contributed by atoms with Gasteiger partial charge in [-0.15, -0.1) is 0 Å². The summed E-state index contributed by atoms with van der Waals surface area (Å²) in [6.07, 6.45) is 6.09. The van der Waals surface area contributed by atoms with Crippen LogP contribution in [0.4, 0.5) is 4.79 Å². The summed E-state index contributed by atoms with van der Waals surface area (Å²) in [4.78, 5) is 15.6. The van der Waals surface area contributed by atoms with Crippen LogP contribution in [0.2, 0.25) is 0 Å². The first-order chi connectivity index (χ1) is 15.6. The van der Waals surface area contributed by atoms with E-state index >= 15 is 0 Å². The second-order valence-corrected chi connectivity index (χ2v) is 8.33. The molecular weight excluding hydrogens is 400 g/mol. The molecule has 1 fully saturated rings. The average molecular weight is 431 g/mol. The third kappa shape index (κ3) is 5.33. The third-order valence-corrected chi connectivity index (χ3v) is 6.24. The monoisotopic (exact) mass is 430 g/mol. The van der Waals surface area contributed by atoms with Gasteiger partial charge in [-0.25, -0.2) is 4.79 Å². The molecule has 5 rings (SSSR count). The Labute approximate surface area is 189 Å². The van der Waals surface area contributed by atoms with Crippen LogP contribution in [0.5, 0.6) is 0 Å². The molecule has 2 aliphatic heterocycles. The highest BCUT2D eigenvalue weighted by molar-refractivity contribution is 5.61. The minimum Gasteiger partial charge on any atom is -0.465 e. The van der Waals surface area contributed by atoms with Gasteiger partial charge in [-0.1, -0.05) is 48.5 Å². The van der Waals surface area contributed by atoms with Gasteiger partial charge in [0.1, 0.15) is 0 Å². The number of hydrogen-bond donors (Lipinski definition) is 3. The van der Waals surface area contributed by atoms with E-state index in [9.17, 15) is 0 Å². The molecule has 2 atom stereocenters. The number of nitrogens with zero attached hydrogens (tertiary/aromatic N) is 2. The molecule has 6 heteroatoms. The van der Waals surface area contributed by atoms with Crippen molar-refractivity contribution < 1.29 is 9.90 Å². The first-order valence-corrected chi connectivity index (χ1v) is 11.1. The number of carboxylic acid groups (broad SMARTS) is 1. The van der Waals surface area contributed by atoms with Crippen molar-refractivity contribution in [1.29, 1.82) is 0 Å². The number of rotatable bonds is 4. The van der Waals surface area contributed by atoms with E-state index < -0.39 is 6.09 Å². The van der Waals surface area contributed by atoms with Crippen molar-refractivity contribution in [3.8, 4) is 0 Å². The van der Waals surface area contributed by atoms with Gasteiger partial charge in [0.05, 0.1) is 6.04 Å². The van der Waals surface area contributed by atoms with Crippen LogP contribution in [0.3, 0.4) is 0 Å². The van der Waals surface area contributed by atoms with Crippen LogP contribution in [-0.2, 0) is 13.0 Å². The number of primary amides is 1. The van der Waals surface area contributed by atoms with Crippen molar-refractivity contribution in [2.75, 3.05) is 13.1 Å².